The summed E-state index contributed by atoms with van der Waals surface area (Å²) >= 11 is 0. The van der Waals surface area contributed by atoms with Crippen molar-refractivity contribution in [3.8, 4) is 5.69 Å². The van der Waals surface area contributed by atoms with Gasteiger partial charge in [0.25, 0.3) is 0 Å². The molecule has 0 spiro atoms. The van der Waals surface area contributed by atoms with Gasteiger partial charge in [-0.05, 0) is 44.4 Å². The topological polar surface area (TPSA) is 68.8 Å². The van der Waals surface area contributed by atoms with E-state index in [1.807, 2.05) is 26.2 Å². The molecule has 6 heteroatoms. The molecule has 132 valence electrons. The van der Waals surface area contributed by atoms with Gasteiger partial charge in [0.15, 0.2) is 5.82 Å². The van der Waals surface area contributed by atoms with Gasteiger partial charge in [-0.1, -0.05) is 31.1 Å². The van der Waals surface area contributed by atoms with Crippen molar-refractivity contribution in [2.45, 2.75) is 46.7 Å². The zero-order valence-electron chi connectivity index (χ0n) is 15.4. The first-order valence-corrected chi connectivity index (χ1v) is 8.62. The molecule has 0 saturated carbocycles. The zero-order chi connectivity index (χ0) is 18.0. The molecule has 0 aliphatic rings. The van der Waals surface area contributed by atoms with Crippen LogP contribution >= 0.6 is 0 Å². The third-order valence-corrected chi connectivity index (χ3v) is 4.40. The third-order valence-electron chi connectivity index (χ3n) is 4.40. The van der Waals surface area contributed by atoms with Crippen LogP contribution in [-0.2, 0) is 0 Å². The van der Waals surface area contributed by atoms with Crippen LogP contribution in [0.3, 0.4) is 0 Å². The summed E-state index contributed by atoms with van der Waals surface area (Å²) in [4.78, 5) is 8.66. The Morgan fingerprint density at radius 1 is 1.08 bits per heavy atom. The zero-order valence-corrected chi connectivity index (χ0v) is 15.4. The highest BCUT2D eigenvalue weighted by Crippen LogP contribution is 2.25. The Balaban J connectivity index is 1.76. The number of hydrogen-bond donors (Lipinski definition) is 1. The van der Waals surface area contributed by atoms with Crippen LogP contribution in [0.5, 0.6) is 0 Å². The quantitative estimate of drug-likeness (QED) is 0.737. The van der Waals surface area contributed by atoms with E-state index in [0.717, 1.165) is 11.5 Å². The number of nitrogens with zero attached hydrogens (tertiary/aromatic N) is 4. The van der Waals surface area contributed by atoms with E-state index in [-0.39, 0.29) is 12.1 Å². The summed E-state index contributed by atoms with van der Waals surface area (Å²) in [5.41, 5.74) is 2.32. The van der Waals surface area contributed by atoms with Crippen molar-refractivity contribution in [3.63, 3.8) is 0 Å². The molecule has 2 unspecified atom stereocenters. The standard InChI is InChI=1S/C19H25N5O/c1-12(2)18(19-22-14(4)23-25-19)21-13(3)16-6-8-17(9-7-16)24-11-10-20-15(24)5/h6-13,18,21H,1-5H3. The van der Waals surface area contributed by atoms with Crippen LogP contribution in [0.25, 0.3) is 5.69 Å². The number of aryl methyl sites for hydroxylation is 2. The number of hydrogen-bond acceptors (Lipinski definition) is 5. The Kier molecular flexibility index (Phi) is 4.99. The van der Waals surface area contributed by atoms with E-state index in [1.165, 1.54) is 5.56 Å². The van der Waals surface area contributed by atoms with Gasteiger partial charge in [-0.2, -0.15) is 4.98 Å². The first kappa shape index (κ1) is 17.4. The minimum Gasteiger partial charge on any atom is -0.338 e. The minimum absolute atomic E-state index is 0.0202. The smallest absolute Gasteiger partial charge is 0.244 e. The van der Waals surface area contributed by atoms with Crippen LogP contribution in [0, 0.1) is 19.8 Å². The van der Waals surface area contributed by atoms with Crippen molar-refractivity contribution in [1.82, 2.24) is 25.0 Å². The highest BCUT2D eigenvalue weighted by Gasteiger charge is 2.24. The molecule has 2 aromatic heterocycles. The van der Waals surface area contributed by atoms with Crippen LogP contribution in [0.15, 0.2) is 41.2 Å². The van der Waals surface area contributed by atoms with E-state index in [0.29, 0.717) is 17.6 Å². The second-order valence-corrected chi connectivity index (χ2v) is 6.73. The van der Waals surface area contributed by atoms with Gasteiger partial charge in [0.2, 0.25) is 5.89 Å². The molecular formula is C19H25N5O. The van der Waals surface area contributed by atoms with E-state index in [9.17, 15) is 0 Å². The molecule has 1 aromatic carbocycles. The summed E-state index contributed by atoms with van der Waals surface area (Å²) in [5.74, 6) is 2.63. The van der Waals surface area contributed by atoms with Crippen molar-refractivity contribution in [2.24, 2.45) is 5.92 Å². The molecule has 6 nitrogen and oxygen atoms in total. The summed E-state index contributed by atoms with van der Waals surface area (Å²) in [7, 11) is 0. The first-order chi connectivity index (χ1) is 12.0. The fraction of sp³-hybridized carbons (Fsp3) is 0.421. The Labute approximate surface area is 148 Å². The Morgan fingerprint density at radius 3 is 2.32 bits per heavy atom. The second-order valence-electron chi connectivity index (χ2n) is 6.73. The molecule has 0 aliphatic carbocycles. The van der Waals surface area contributed by atoms with Crippen molar-refractivity contribution in [3.05, 3.63) is 59.8 Å². The van der Waals surface area contributed by atoms with E-state index in [2.05, 4.69) is 70.0 Å². The van der Waals surface area contributed by atoms with Crippen LogP contribution < -0.4 is 5.32 Å². The van der Waals surface area contributed by atoms with E-state index >= 15 is 0 Å². The average Bonchev–Trinajstić information content (AvgIpc) is 3.20. The normalized spacial score (nSPS) is 14.0. The maximum absolute atomic E-state index is 5.37. The molecule has 0 fully saturated rings. The molecule has 1 N–H and O–H groups in total. The molecule has 0 radical (unpaired) electrons. The fourth-order valence-corrected chi connectivity index (χ4v) is 2.93. The van der Waals surface area contributed by atoms with Gasteiger partial charge in [0, 0.05) is 24.1 Å². The number of imidazole rings is 1. The van der Waals surface area contributed by atoms with Gasteiger partial charge in [0.1, 0.15) is 5.82 Å². The summed E-state index contributed by atoms with van der Waals surface area (Å²) in [6.45, 7) is 10.3. The summed E-state index contributed by atoms with van der Waals surface area (Å²) in [6.07, 6.45) is 3.78. The lowest BCUT2D eigenvalue weighted by molar-refractivity contribution is 0.273. The molecule has 3 rings (SSSR count). The molecule has 2 heterocycles. The molecule has 25 heavy (non-hydrogen) atoms. The summed E-state index contributed by atoms with van der Waals surface area (Å²) < 4.78 is 7.44. The lowest BCUT2D eigenvalue weighted by atomic mass is 10.0. The third kappa shape index (κ3) is 3.79. The predicted molar refractivity (Wildman–Crippen MR) is 96.5 cm³/mol. The molecular weight excluding hydrogens is 314 g/mol. The fourth-order valence-electron chi connectivity index (χ4n) is 2.93. The molecule has 0 bridgehead atoms. The van der Waals surface area contributed by atoms with Gasteiger partial charge in [-0.3, -0.25) is 5.32 Å². The van der Waals surface area contributed by atoms with Crippen LogP contribution in [0.4, 0.5) is 0 Å². The molecule has 2 atom stereocenters. The summed E-state index contributed by atoms with van der Waals surface area (Å²) in [6, 6.07) is 8.70. The minimum atomic E-state index is 0.0202. The largest absolute Gasteiger partial charge is 0.338 e. The number of benzene rings is 1. The maximum atomic E-state index is 5.37. The highest BCUT2D eigenvalue weighted by atomic mass is 16.5. The van der Waals surface area contributed by atoms with E-state index in [1.54, 1.807) is 0 Å². The van der Waals surface area contributed by atoms with Crippen LogP contribution in [-0.4, -0.2) is 19.7 Å². The molecule has 0 saturated heterocycles. The molecule has 0 aliphatic heterocycles. The lowest BCUT2D eigenvalue weighted by Gasteiger charge is -2.24. The average molecular weight is 339 g/mol. The number of rotatable bonds is 6. The molecule has 0 amide bonds. The second kappa shape index (κ2) is 7.19. The number of aromatic nitrogens is 4. The van der Waals surface area contributed by atoms with Crippen molar-refractivity contribution >= 4 is 0 Å². The maximum Gasteiger partial charge on any atom is 0.244 e. The SMILES string of the molecule is Cc1noc(C(NC(C)c2ccc(-n3ccnc3C)cc2)C(C)C)n1. The van der Waals surface area contributed by atoms with Gasteiger partial charge in [-0.15, -0.1) is 0 Å². The number of nitrogens with one attached hydrogen (secondary N) is 1. The molecule has 3 aromatic rings. The van der Waals surface area contributed by atoms with Gasteiger partial charge >= 0.3 is 0 Å². The van der Waals surface area contributed by atoms with Crippen LogP contribution in [0.1, 0.15) is 56.0 Å². The van der Waals surface area contributed by atoms with Gasteiger partial charge < -0.3 is 9.09 Å². The monoisotopic (exact) mass is 339 g/mol. The lowest BCUT2D eigenvalue weighted by Crippen LogP contribution is -2.28. The van der Waals surface area contributed by atoms with Crippen molar-refractivity contribution in [2.75, 3.05) is 0 Å². The van der Waals surface area contributed by atoms with E-state index in [4.69, 9.17) is 4.52 Å². The predicted octanol–water partition coefficient (Wildman–Crippen LogP) is 3.92. The summed E-state index contributed by atoms with van der Waals surface area (Å²) in [5, 5.41) is 7.53. The highest BCUT2D eigenvalue weighted by molar-refractivity contribution is 5.36. The van der Waals surface area contributed by atoms with Gasteiger partial charge in [0.05, 0.1) is 6.04 Å². The Hall–Kier alpha value is -2.47. The van der Waals surface area contributed by atoms with Crippen molar-refractivity contribution in [1.29, 1.82) is 0 Å². The Morgan fingerprint density at radius 2 is 1.80 bits per heavy atom. The Bertz CT molecular complexity index is 818. The van der Waals surface area contributed by atoms with Crippen molar-refractivity contribution < 1.29 is 4.52 Å². The van der Waals surface area contributed by atoms with E-state index < -0.39 is 0 Å². The van der Waals surface area contributed by atoms with Crippen LogP contribution in [0.2, 0.25) is 0 Å². The van der Waals surface area contributed by atoms with Gasteiger partial charge in [-0.25, -0.2) is 4.98 Å². The first-order valence-electron chi connectivity index (χ1n) is 8.62.